The lowest BCUT2D eigenvalue weighted by atomic mass is 9.84. The Morgan fingerprint density at radius 2 is 1.98 bits per heavy atom. The fourth-order valence-electron chi connectivity index (χ4n) is 6.37. The first kappa shape index (κ1) is 30.9. The van der Waals surface area contributed by atoms with Crippen molar-refractivity contribution in [3.05, 3.63) is 17.7 Å². The van der Waals surface area contributed by atoms with Gasteiger partial charge in [-0.3, -0.25) is 19.3 Å². The van der Waals surface area contributed by atoms with Gasteiger partial charge in [0.1, 0.15) is 0 Å². The molecule has 3 aliphatic rings. The number of carboxylic acid groups (broad SMARTS) is 1. The Balaban J connectivity index is 1.63. The molecule has 3 heterocycles. The molecule has 11 heteroatoms. The predicted octanol–water partition coefficient (Wildman–Crippen LogP) is 2.52. The smallest absolute Gasteiger partial charge is 0.308 e. The molecule has 228 valence electrons. The van der Waals surface area contributed by atoms with Gasteiger partial charge < -0.3 is 34.9 Å². The van der Waals surface area contributed by atoms with Crippen LogP contribution in [0.1, 0.15) is 64.4 Å². The number of fused-ring (bicyclic) bond motifs is 1. The van der Waals surface area contributed by atoms with Gasteiger partial charge in [-0.1, -0.05) is 27.2 Å². The molecule has 0 spiro atoms. The molecule has 11 nitrogen and oxygen atoms in total. The molecule has 2 fully saturated rings. The van der Waals surface area contributed by atoms with Crippen LogP contribution in [0.5, 0.6) is 17.2 Å². The van der Waals surface area contributed by atoms with Crippen LogP contribution in [-0.2, 0) is 14.4 Å². The van der Waals surface area contributed by atoms with Crippen molar-refractivity contribution in [2.75, 3.05) is 59.7 Å². The summed E-state index contributed by atoms with van der Waals surface area (Å²) in [6.07, 6.45) is 3.80. The van der Waals surface area contributed by atoms with Crippen LogP contribution in [0.4, 0.5) is 0 Å². The number of rotatable bonds is 14. The second-order valence-electron chi connectivity index (χ2n) is 12.0. The number of amides is 2. The van der Waals surface area contributed by atoms with Crippen molar-refractivity contribution >= 4 is 17.8 Å². The number of carbonyl (C=O) groups is 3. The van der Waals surface area contributed by atoms with Crippen LogP contribution in [0.3, 0.4) is 0 Å². The zero-order valence-corrected chi connectivity index (χ0v) is 24.9. The topological polar surface area (TPSA) is 135 Å². The first-order valence-electron chi connectivity index (χ1n) is 14.8. The van der Waals surface area contributed by atoms with Gasteiger partial charge in [-0.05, 0) is 49.9 Å². The van der Waals surface area contributed by atoms with Crippen LogP contribution >= 0.6 is 0 Å². The molecule has 2 amide bonds. The van der Waals surface area contributed by atoms with Gasteiger partial charge in [0.05, 0.1) is 19.6 Å². The molecule has 3 atom stereocenters. The van der Waals surface area contributed by atoms with E-state index >= 15 is 0 Å². The highest BCUT2D eigenvalue weighted by Crippen LogP contribution is 2.47. The van der Waals surface area contributed by atoms with Crippen molar-refractivity contribution in [2.45, 2.75) is 64.8 Å². The van der Waals surface area contributed by atoms with Gasteiger partial charge in [0.2, 0.25) is 24.4 Å². The van der Waals surface area contributed by atoms with Crippen LogP contribution in [0.15, 0.2) is 12.1 Å². The molecule has 3 aliphatic heterocycles. The number of aliphatic carboxylic acids is 1. The zero-order valence-electron chi connectivity index (χ0n) is 24.9. The van der Waals surface area contributed by atoms with Gasteiger partial charge >= 0.3 is 5.97 Å². The quantitative estimate of drug-likeness (QED) is 0.344. The van der Waals surface area contributed by atoms with Crippen LogP contribution in [-0.4, -0.2) is 103 Å². The Morgan fingerprint density at radius 1 is 1.22 bits per heavy atom. The first-order chi connectivity index (χ1) is 19.6. The van der Waals surface area contributed by atoms with Gasteiger partial charge in [0, 0.05) is 50.1 Å². The van der Waals surface area contributed by atoms with E-state index in [1.54, 1.807) is 7.11 Å². The van der Waals surface area contributed by atoms with Crippen LogP contribution in [0.25, 0.3) is 0 Å². The van der Waals surface area contributed by atoms with Crippen molar-refractivity contribution in [1.82, 2.24) is 14.7 Å². The van der Waals surface area contributed by atoms with E-state index in [1.807, 2.05) is 40.7 Å². The molecule has 2 saturated heterocycles. The third kappa shape index (κ3) is 6.72. The summed E-state index contributed by atoms with van der Waals surface area (Å²) in [7, 11) is 1.54. The van der Waals surface area contributed by atoms with E-state index in [9.17, 15) is 19.5 Å². The van der Waals surface area contributed by atoms with Crippen LogP contribution in [0.2, 0.25) is 0 Å². The van der Waals surface area contributed by atoms with Crippen molar-refractivity contribution in [1.29, 1.82) is 0 Å². The van der Waals surface area contributed by atoms with Crippen LogP contribution in [0, 0.1) is 11.3 Å². The summed E-state index contributed by atoms with van der Waals surface area (Å²) < 4.78 is 16.7. The first-order valence-corrected chi connectivity index (χ1v) is 14.8. The summed E-state index contributed by atoms with van der Waals surface area (Å²) >= 11 is 0. The largest absolute Gasteiger partial charge is 0.493 e. The molecular weight excluding hydrogens is 528 g/mol. The molecule has 0 bridgehead atoms. The molecule has 0 radical (unpaired) electrons. The number of carbonyl (C=O) groups excluding carboxylic acids is 2. The fourth-order valence-corrected chi connectivity index (χ4v) is 6.37. The summed E-state index contributed by atoms with van der Waals surface area (Å²) in [6, 6.07) is 3.21. The second-order valence-corrected chi connectivity index (χ2v) is 12.0. The molecule has 3 N–H and O–H groups in total. The van der Waals surface area contributed by atoms with E-state index in [4.69, 9.17) is 19.9 Å². The average Bonchev–Trinajstić information content (AvgIpc) is 3.63. The molecular formula is C30H46N4O7. The number of benzene rings is 1. The number of unbranched alkanes of at least 4 members (excludes halogenated alkanes) is 1. The normalized spacial score (nSPS) is 23.3. The second kappa shape index (κ2) is 13.3. The number of ether oxygens (including phenoxy) is 3. The number of hydrogen-bond donors (Lipinski definition) is 2. The van der Waals surface area contributed by atoms with E-state index in [0.717, 1.165) is 24.8 Å². The summed E-state index contributed by atoms with van der Waals surface area (Å²) in [6.45, 7) is 9.38. The van der Waals surface area contributed by atoms with Crippen molar-refractivity contribution in [2.24, 2.45) is 17.1 Å². The Labute approximate surface area is 242 Å². The van der Waals surface area contributed by atoms with E-state index in [-0.39, 0.29) is 25.2 Å². The molecule has 41 heavy (non-hydrogen) atoms. The number of hydrogen-bond acceptors (Lipinski definition) is 8. The lowest BCUT2D eigenvalue weighted by molar-refractivity contribution is -0.144. The fraction of sp³-hybridized carbons (Fsp3) is 0.700. The molecule has 0 aliphatic carbocycles. The van der Waals surface area contributed by atoms with Crippen molar-refractivity contribution in [3.63, 3.8) is 0 Å². The highest BCUT2D eigenvalue weighted by molar-refractivity contribution is 5.84. The SMILES string of the molecule is CCCCN(CCCN)C(=O)CN1CC(c2cc(OC)c3c(c2)OCO3)C(C(=O)O)C1CCN1CCC(C)(C)C1=O. The molecule has 0 saturated carbocycles. The predicted molar refractivity (Wildman–Crippen MR) is 153 cm³/mol. The Kier molecular flexibility index (Phi) is 10.0. The van der Waals surface area contributed by atoms with Gasteiger partial charge in [-0.15, -0.1) is 0 Å². The molecule has 1 aromatic rings. The summed E-state index contributed by atoms with van der Waals surface area (Å²) in [4.78, 5) is 45.1. The average molecular weight is 575 g/mol. The maximum absolute atomic E-state index is 13.6. The molecule has 1 aromatic carbocycles. The van der Waals surface area contributed by atoms with Gasteiger partial charge in [0.15, 0.2) is 11.5 Å². The Bertz CT molecular complexity index is 1100. The standard InChI is InChI=1S/C30H46N4O7/c1-5-6-11-32(12-7-10-31)25(35)18-34-17-21(20-15-23(39-4)27-24(16-20)40-19-41-27)26(28(36)37)22(34)8-13-33-14-9-30(2,3)29(33)38/h15-16,21-22,26H,5-14,17-19,31H2,1-4H3,(H,36,37). The molecule has 0 aromatic heterocycles. The number of likely N-dealkylation sites (tertiary alicyclic amines) is 2. The number of nitrogens with two attached hydrogens (primary N) is 1. The van der Waals surface area contributed by atoms with E-state index in [1.165, 1.54) is 0 Å². The van der Waals surface area contributed by atoms with Gasteiger partial charge in [-0.2, -0.15) is 0 Å². The van der Waals surface area contributed by atoms with E-state index < -0.39 is 29.3 Å². The van der Waals surface area contributed by atoms with E-state index in [2.05, 4.69) is 6.92 Å². The van der Waals surface area contributed by atoms with Crippen molar-refractivity contribution < 1.29 is 33.7 Å². The molecule has 3 unspecified atom stereocenters. The highest BCUT2D eigenvalue weighted by atomic mass is 16.7. The number of carboxylic acids is 1. The maximum atomic E-state index is 13.6. The summed E-state index contributed by atoms with van der Waals surface area (Å²) in [5, 5.41) is 10.6. The lowest BCUT2D eigenvalue weighted by Crippen LogP contribution is -2.46. The van der Waals surface area contributed by atoms with Gasteiger partial charge in [-0.25, -0.2) is 0 Å². The maximum Gasteiger partial charge on any atom is 0.308 e. The summed E-state index contributed by atoms with van der Waals surface area (Å²) in [5.41, 5.74) is 6.10. The minimum absolute atomic E-state index is 0.0247. The van der Waals surface area contributed by atoms with Crippen LogP contribution < -0.4 is 19.9 Å². The molecule has 4 rings (SSSR count). The number of nitrogens with zero attached hydrogens (tertiary/aromatic N) is 3. The third-order valence-electron chi connectivity index (χ3n) is 8.81. The minimum Gasteiger partial charge on any atom is -0.493 e. The Hall–Kier alpha value is -3.05. The van der Waals surface area contributed by atoms with Crippen molar-refractivity contribution in [3.8, 4) is 17.2 Å². The number of methoxy groups -OCH3 is 1. The highest BCUT2D eigenvalue weighted by Gasteiger charge is 2.48. The van der Waals surface area contributed by atoms with E-state index in [0.29, 0.717) is 69.4 Å². The lowest BCUT2D eigenvalue weighted by Gasteiger charge is -2.31. The third-order valence-corrected chi connectivity index (χ3v) is 8.81. The Morgan fingerprint density at radius 3 is 2.61 bits per heavy atom. The summed E-state index contributed by atoms with van der Waals surface area (Å²) in [5.74, 6) is -0.538. The van der Waals surface area contributed by atoms with Gasteiger partial charge in [0.25, 0.3) is 0 Å². The minimum atomic E-state index is -0.925. The zero-order chi connectivity index (χ0) is 29.7. The monoisotopic (exact) mass is 574 g/mol.